The van der Waals surface area contributed by atoms with Crippen LogP contribution in [0.4, 0.5) is 11.8 Å². The number of nitrogens with one attached hydrogen (secondary N) is 1. The summed E-state index contributed by atoms with van der Waals surface area (Å²) in [4.78, 5) is 9.55. The summed E-state index contributed by atoms with van der Waals surface area (Å²) in [5, 5.41) is 4.01. The average molecular weight is 288 g/mol. The average Bonchev–Trinajstić information content (AvgIpc) is 2.39. The third kappa shape index (κ3) is 3.87. The lowest BCUT2D eigenvalue weighted by molar-refractivity contribution is 0.865. The van der Waals surface area contributed by atoms with Crippen molar-refractivity contribution < 1.29 is 0 Å². The zero-order chi connectivity index (χ0) is 14.5. The van der Waals surface area contributed by atoms with Gasteiger partial charge in [-0.1, -0.05) is 37.7 Å². The van der Waals surface area contributed by atoms with Crippen LogP contribution < -0.4 is 11.1 Å². The third-order valence-corrected chi connectivity index (χ3v) is 3.77. The molecule has 3 N–H and O–H groups in total. The molecule has 2 rings (SSSR count). The first kappa shape index (κ1) is 14.7. The number of rotatable bonds is 5. The fourth-order valence-corrected chi connectivity index (χ4v) is 2.63. The molecule has 20 heavy (non-hydrogen) atoms. The lowest BCUT2D eigenvalue weighted by atomic mass is 10.0. The predicted octanol–water partition coefficient (Wildman–Crippen LogP) is 3.77. The molecule has 4 nitrogen and oxygen atoms in total. The van der Waals surface area contributed by atoms with Crippen LogP contribution in [0.2, 0.25) is 0 Å². The van der Waals surface area contributed by atoms with Crippen molar-refractivity contribution in [1.82, 2.24) is 9.97 Å². The van der Waals surface area contributed by atoms with Gasteiger partial charge in [-0.3, -0.25) is 0 Å². The molecule has 0 aliphatic carbocycles. The van der Waals surface area contributed by atoms with Gasteiger partial charge in [0.1, 0.15) is 10.8 Å². The highest BCUT2D eigenvalue weighted by Gasteiger charge is 2.05. The zero-order valence-electron chi connectivity index (χ0n) is 12.1. The summed E-state index contributed by atoms with van der Waals surface area (Å²) in [5.74, 6) is 1.61. The molecule has 1 aromatic heterocycles. The molecule has 0 saturated heterocycles. The van der Waals surface area contributed by atoms with Crippen LogP contribution in [0.5, 0.6) is 0 Å². The van der Waals surface area contributed by atoms with Crippen molar-refractivity contribution in [3.8, 4) is 0 Å². The van der Waals surface area contributed by atoms with E-state index in [9.17, 15) is 0 Å². The first-order valence-corrected chi connectivity index (χ1v) is 7.56. The second-order valence-electron chi connectivity index (χ2n) is 4.81. The van der Waals surface area contributed by atoms with E-state index in [0.717, 1.165) is 22.3 Å². The van der Waals surface area contributed by atoms with E-state index in [1.54, 1.807) is 11.8 Å². The summed E-state index contributed by atoms with van der Waals surface area (Å²) in [6.45, 7) is 7.21. The number of nitrogen functional groups attached to an aromatic ring is 1. The highest BCUT2D eigenvalue weighted by molar-refractivity contribution is 7.99. The van der Waals surface area contributed by atoms with E-state index < -0.39 is 0 Å². The zero-order valence-corrected chi connectivity index (χ0v) is 12.9. The Morgan fingerprint density at radius 1 is 1.20 bits per heavy atom. The molecule has 1 heterocycles. The summed E-state index contributed by atoms with van der Waals surface area (Å²) in [7, 11) is 0. The van der Waals surface area contributed by atoms with Gasteiger partial charge >= 0.3 is 0 Å². The fraction of sp³-hybridized carbons (Fsp3) is 0.333. The third-order valence-electron chi connectivity index (χ3n) is 2.85. The summed E-state index contributed by atoms with van der Waals surface area (Å²) in [6, 6.07) is 10.5. The van der Waals surface area contributed by atoms with Crippen LogP contribution >= 0.6 is 11.8 Å². The number of aromatic nitrogens is 2. The SMILES string of the molecule is CCNc1cc(Sc2ccc(C(C)C)cc2)nc(N)n1. The van der Waals surface area contributed by atoms with Gasteiger partial charge in [-0.2, -0.15) is 4.98 Å². The van der Waals surface area contributed by atoms with Gasteiger partial charge in [0.15, 0.2) is 0 Å². The molecule has 0 bridgehead atoms. The number of anilines is 2. The van der Waals surface area contributed by atoms with Gasteiger partial charge in [-0.25, -0.2) is 4.98 Å². The van der Waals surface area contributed by atoms with E-state index in [2.05, 4.69) is 53.4 Å². The largest absolute Gasteiger partial charge is 0.370 e. The van der Waals surface area contributed by atoms with Gasteiger partial charge in [-0.15, -0.1) is 0 Å². The van der Waals surface area contributed by atoms with Crippen LogP contribution in [0.15, 0.2) is 40.3 Å². The molecule has 2 aromatic rings. The van der Waals surface area contributed by atoms with E-state index in [-0.39, 0.29) is 0 Å². The minimum absolute atomic E-state index is 0.296. The quantitative estimate of drug-likeness (QED) is 0.820. The number of hydrogen-bond donors (Lipinski definition) is 2. The molecule has 0 radical (unpaired) electrons. The molecule has 0 aliphatic heterocycles. The highest BCUT2D eigenvalue weighted by Crippen LogP contribution is 2.29. The fourth-order valence-electron chi connectivity index (χ4n) is 1.81. The van der Waals surface area contributed by atoms with Crippen LogP contribution in [0.1, 0.15) is 32.3 Å². The van der Waals surface area contributed by atoms with Gasteiger partial charge in [0.25, 0.3) is 0 Å². The lowest BCUT2D eigenvalue weighted by Gasteiger charge is -2.08. The Morgan fingerprint density at radius 2 is 1.90 bits per heavy atom. The van der Waals surface area contributed by atoms with Crippen molar-refractivity contribution in [2.45, 2.75) is 36.6 Å². The number of hydrogen-bond acceptors (Lipinski definition) is 5. The Balaban J connectivity index is 2.16. The second-order valence-corrected chi connectivity index (χ2v) is 5.90. The molecule has 0 fully saturated rings. The van der Waals surface area contributed by atoms with Crippen LogP contribution in [0.25, 0.3) is 0 Å². The Morgan fingerprint density at radius 3 is 2.50 bits per heavy atom. The van der Waals surface area contributed by atoms with Crippen molar-refractivity contribution in [3.63, 3.8) is 0 Å². The molecule has 0 aliphatic rings. The molecule has 0 unspecified atom stereocenters. The first-order chi connectivity index (χ1) is 9.58. The van der Waals surface area contributed by atoms with E-state index in [4.69, 9.17) is 5.73 Å². The minimum atomic E-state index is 0.296. The Labute approximate surface area is 124 Å². The molecule has 0 amide bonds. The summed E-state index contributed by atoms with van der Waals surface area (Å²) in [5.41, 5.74) is 7.07. The molecule has 0 atom stereocenters. The maximum absolute atomic E-state index is 5.73. The standard InChI is InChI=1S/C15H20N4S/c1-4-17-13-9-14(19-15(16)18-13)20-12-7-5-11(6-8-12)10(2)3/h5-10H,4H2,1-3H3,(H3,16,17,18,19). The minimum Gasteiger partial charge on any atom is -0.370 e. The Bertz CT molecular complexity index is 567. The second kappa shape index (κ2) is 6.61. The normalized spacial score (nSPS) is 10.8. The summed E-state index contributed by atoms with van der Waals surface area (Å²) < 4.78 is 0. The van der Waals surface area contributed by atoms with E-state index >= 15 is 0 Å². The molecule has 106 valence electrons. The van der Waals surface area contributed by atoms with Crippen molar-refractivity contribution in [2.24, 2.45) is 0 Å². The van der Waals surface area contributed by atoms with Crippen molar-refractivity contribution in [3.05, 3.63) is 35.9 Å². The van der Waals surface area contributed by atoms with Gasteiger partial charge in [-0.05, 0) is 30.5 Å². The first-order valence-electron chi connectivity index (χ1n) is 6.74. The van der Waals surface area contributed by atoms with Crippen molar-refractivity contribution >= 4 is 23.5 Å². The maximum atomic E-state index is 5.73. The van der Waals surface area contributed by atoms with Crippen LogP contribution in [-0.2, 0) is 0 Å². The summed E-state index contributed by atoms with van der Waals surface area (Å²) in [6.07, 6.45) is 0. The van der Waals surface area contributed by atoms with Crippen LogP contribution in [0.3, 0.4) is 0 Å². The van der Waals surface area contributed by atoms with E-state index in [0.29, 0.717) is 11.9 Å². The maximum Gasteiger partial charge on any atom is 0.223 e. The van der Waals surface area contributed by atoms with Gasteiger partial charge < -0.3 is 11.1 Å². The number of nitrogens with two attached hydrogens (primary N) is 1. The van der Waals surface area contributed by atoms with Crippen LogP contribution in [-0.4, -0.2) is 16.5 Å². The Kier molecular flexibility index (Phi) is 4.84. The number of nitrogens with zero attached hydrogens (tertiary/aromatic N) is 2. The van der Waals surface area contributed by atoms with E-state index in [1.165, 1.54) is 5.56 Å². The predicted molar refractivity (Wildman–Crippen MR) is 85.3 cm³/mol. The highest BCUT2D eigenvalue weighted by atomic mass is 32.2. The topological polar surface area (TPSA) is 63.8 Å². The molecular weight excluding hydrogens is 268 g/mol. The molecule has 1 aromatic carbocycles. The monoisotopic (exact) mass is 288 g/mol. The van der Waals surface area contributed by atoms with Gasteiger partial charge in [0.05, 0.1) is 0 Å². The number of benzene rings is 1. The van der Waals surface area contributed by atoms with Gasteiger partial charge in [0.2, 0.25) is 5.95 Å². The van der Waals surface area contributed by atoms with Crippen molar-refractivity contribution in [2.75, 3.05) is 17.6 Å². The lowest BCUT2D eigenvalue weighted by Crippen LogP contribution is -2.03. The molecular formula is C15H20N4S. The Hall–Kier alpha value is -1.75. The molecule has 0 spiro atoms. The molecule has 0 saturated carbocycles. The smallest absolute Gasteiger partial charge is 0.223 e. The van der Waals surface area contributed by atoms with Crippen molar-refractivity contribution in [1.29, 1.82) is 0 Å². The van der Waals surface area contributed by atoms with Crippen LogP contribution in [0, 0.1) is 0 Å². The van der Waals surface area contributed by atoms with Gasteiger partial charge in [0, 0.05) is 17.5 Å². The summed E-state index contributed by atoms with van der Waals surface area (Å²) >= 11 is 1.59. The van der Waals surface area contributed by atoms with E-state index in [1.807, 2.05) is 13.0 Å². The molecule has 5 heteroatoms.